The highest BCUT2D eigenvalue weighted by atomic mass is 32.2. The van der Waals surface area contributed by atoms with Crippen LogP contribution in [0.3, 0.4) is 0 Å². The third-order valence-corrected chi connectivity index (χ3v) is 7.15. The predicted octanol–water partition coefficient (Wildman–Crippen LogP) is 1.39. The number of nitrogens with zero attached hydrogens (tertiary/aromatic N) is 3. The Morgan fingerprint density at radius 3 is 1.87 bits per heavy atom. The summed E-state index contributed by atoms with van der Waals surface area (Å²) < 4.78 is 26.9. The SMILES string of the molecule is O=C(O)C(=O)O.O=[N+]([O-])c1ccc(S(=O)(=O)N2CCN(C3CCCCC3)CC2)cc1. The van der Waals surface area contributed by atoms with E-state index in [0.717, 1.165) is 13.1 Å². The summed E-state index contributed by atoms with van der Waals surface area (Å²) in [6.45, 7) is 2.49. The number of non-ortho nitro benzene ring substituents is 1. The molecule has 0 bridgehead atoms. The molecule has 0 aromatic heterocycles. The van der Waals surface area contributed by atoms with Crippen LogP contribution in [0.15, 0.2) is 29.2 Å². The van der Waals surface area contributed by atoms with Crippen molar-refractivity contribution < 1.29 is 33.1 Å². The quantitative estimate of drug-likeness (QED) is 0.398. The number of nitro groups is 1. The molecule has 0 amide bonds. The van der Waals surface area contributed by atoms with E-state index in [1.807, 2.05) is 0 Å². The molecule has 1 aliphatic heterocycles. The van der Waals surface area contributed by atoms with Gasteiger partial charge in [-0.15, -0.1) is 0 Å². The van der Waals surface area contributed by atoms with Gasteiger partial charge >= 0.3 is 11.9 Å². The summed E-state index contributed by atoms with van der Waals surface area (Å²) in [5.41, 5.74) is -0.101. The highest BCUT2D eigenvalue weighted by Gasteiger charge is 2.31. The summed E-state index contributed by atoms with van der Waals surface area (Å²) in [6.07, 6.45) is 6.28. The molecule has 12 heteroatoms. The highest BCUT2D eigenvalue weighted by Crippen LogP contribution is 2.25. The molecule has 1 saturated carbocycles. The van der Waals surface area contributed by atoms with Crippen molar-refractivity contribution >= 4 is 27.6 Å². The number of aliphatic carboxylic acids is 2. The third kappa shape index (κ3) is 6.21. The molecule has 30 heavy (non-hydrogen) atoms. The maximum absolute atomic E-state index is 12.7. The molecule has 1 aliphatic carbocycles. The van der Waals surface area contributed by atoms with Crippen molar-refractivity contribution in [3.63, 3.8) is 0 Å². The van der Waals surface area contributed by atoms with E-state index in [1.54, 1.807) is 0 Å². The minimum absolute atomic E-state index is 0.101. The number of nitro benzene ring substituents is 1. The van der Waals surface area contributed by atoms with Crippen molar-refractivity contribution in [3.8, 4) is 0 Å². The summed E-state index contributed by atoms with van der Waals surface area (Å²) >= 11 is 0. The first kappa shape index (κ1) is 23.7. The second-order valence-corrected chi connectivity index (χ2v) is 9.03. The standard InChI is InChI=1S/C16H23N3O4S.C2H2O4/c20-19(21)15-6-8-16(9-7-15)24(22,23)18-12-10-17(11-13-18)14-4-2-1-3-5-14;3-1(4)2(5)6/h6-9,14H,1-5,10-13H2;(H,3,4)(H,5,6). The maximum atomic E-state index is 12.7. The van der Waals surface area contributed by atoms with Crippen molar-refractivity contribution in [2.24, 2.45) is 0 Å². The van der Waals surface area contributed by atoms with Gasteiger partial charge < -0.3 is 10.2 Å². The zero-order valence-corrected chi connectivity index (χ0v) is 17.2. The molecule has 0 atom stereocenters. The van der Waals surface area contributed by atoms with Gasteiger partial charge in [0, 0.05) is 44.4 Å². The molecule has 166 valence electrons. The Balaban J connectivity index is 0.000000469. The van der Waals surface area contributed by atoms with Gasteiger partial charge in [-0.1, -0.05) is 19.3 Å². The Hall–Kier alpha value is -2.57. The van der Waals surface area contributed by atoms with Crippen LogP contribution in [0, 0.1) is 10.1 Å². The summed E-state index contributed by atoms with van der Waals surface area (Å²) in [5, 5.41) is 25.5. The molecule has 2 fully saturated rings. The summed E-state index contributed by atoms with van der Waals surface area (Å²) in [6, 6.07) is 5.72. The number of carbonyl (C=O) groups is 2. The highest BCUT2D eigenvalue weighted by molar-refractivity contribution is 7.89. The Labute approximate surface area is 174 Å². The second kappa shape index (κ2) is 10.5. The average Bonchev–Trinajstić information content (AvgIpc) is 2.75. The van der Waals surface area contributed by atoms with Crippen molar-refractivity contribution in [2.75, 3.05) is 26.2 Å². The molecule has 1 heterocycles. The largest absolute Gasteiger partial charge is 0.473 e. The Morgan fingerprint density at radius 1 is 0.933 bits per heavy atom. The average molecular weight is 443 g/mol. The number of carboxylic acid groups (broad SMARTS) is 2. The molecule has 0 spiro atoms. The topological polar surface area (TPSA) is 158 Å². The van der Waals surface area contributed by atoms with E-state index in [1.165, 1.54) is 60.7 Å². The fourth-order valence-electron chi connectivity index (χ4n) is 3.64. The van der Waals surface area contributed by atoms with Gasteiger partial charge in [-0.05, 0) is 25.0 Å². The number of rotatable bonds is 4. The van der Waals surface area contributed by atoms with Crippen molar-refractivity contribution in [3.05, 3.63) is 34.4 Å². The van der Waals surface area contributed by atoms with Crippen LogP contribution in [0.1, 0.15) is 32.1 Å². The number of hydrogen-bond donors (Lipinski definition) is 2. The number of carboxylic acids is 2. The van der Waals surface area contributed by atoms with Crippen molar-refractivity contribution in [1.29, 1.82) is 0 Å². The first-order valence-corrected chi connectivity index (χ1v) is 11.0. The van der Waals surface area contributed by atoms with Crippen LogP contribution in [0.5, 0.6) is 0 Å². The lowest BCUT2D eigenvalue weighted by molar-refractivity contribution is -0.384. The van der Waals surface area contributed by atoms with Gasteiger partial charge in [0.05, 0.1) is 9.82 Å². The zero-order valence-electron chi connectivity index (χ0n) is 16.3. The van der Waals surface area contributed by atoms with Crippen LogP contribution in [0.4, 0.5) is 5.69 Å². The molecule has 2 N–H and O–H groups in total. The van der Waals surface area contributed by atoms with Crippen LogP contribution in [0.25, 0.3) is 0 Å². The minimum Gasteiger partial charge on any atom is -0.473 e. The molecule has 0 radical (unpaired) electrons. The van der Waals surface area contributed by atoms with E-state index in [4.69, 9.17) is 19.8 Å². The smallest absolute Gasteiger partial charge is 0.414 e. The number of hydrogen-bond acceptors (Lipinski definition) is 7. The van der Waals surface area contributed by atoms with E-state index in [2.05, 4.69) is 4.90 Å². The van der Waals surface area contributed by atoms with Gasteiger partial charge in [0.2, 0.25) is 10.0 Å². The van der Waals surface area contributed by atoms with Crippen molar-refractivity contribution in [1.82, 2.24) is 9.21 Å². The van der Waals surface area contributed by atoms with Crippen LogP contribution >= 0.6 is 0 Å². The molecule has 1 aromatic rings. The number of sulfonamides is 1. The van der Waals surface area contributed by atoms with Gasteiger partial charge in [-0.3, -0.25) is 15.0 Å². The Kier molecular flexibility index (Phi) is 8.26. The van der Waals surface area contributed by atoms with Gasteiger partial charge in [-0.2, -0.15) is 4.31 Å². The van der Waals surface area contributed by atoms with Crippen LogP contribution < -0.4 is 0 Å². The van der Waals surface area contributed by atoms with Crippen molar-refractivity contribution in [2.45, 2.75) is 43.0 Å². The molecule has 11 nitrogen and oxygen atoms in total. The zero-order chi connectivity index (χ0) is 22.3. The molecule has 1 saturated heterocycles. The molecular weight excluding hydrogens is 418 g/mol. The van der Waals surface area contributed by atoms with E-state index in [-0.39, 0.29) is 10.6 Å². The lowest BCUT2D eigenvalue weighted by Gasteiger charge is -2.40. The lowest BCUT2D eigenvalue weighted by atomic mass is 9.94. The molecule has 0 unspecified atom stereocenters. The molecule has 2 aliphatic rings. The summed E-state index contributed by atoms with van der Waals surface area (Å²) in [4.78, 5) is 30.9. The number of benzene rings is 1. The predicted molar refractivity (Wildman–Crippen MR) is 106 cm³/mol. The normalized spacial score (nSPS) is 18.8. The fraction of sp³-hybridized carbons (Fsp3) is 0.556. The molecular formula is C18H25N3O8S. The van der Waals surface area contributed by atoms with Gasteiger partial charge in [0.15, 0.2) is 0 Å². The Morgan fingerprint density at radius 2 is 1.43 bits per heavy atom. The first-order valence-electron chi connectivity index (χ1n) is 9.58. The third-order valence-electron chi connectivity index (χ3n) is 5.23. The fourth-order valence-corrected chi connectivity index (χ4v) is 5.07. The van der Waals surface area contributed by atoms with E-state index in [0.29, 0.717) is 19.1 Å². The van der Waals surface area contributed by atoms with E-state index in [9.17, 15) is 18.5 Å². The Bertz CT molecular complexity index is 846. The minimum atomic E-state index is -3.57. The summed E-state index contributed by atoms with van der Waals surface area (Å²) in [7, 11) is -3.57. The van der Waals surface area contributed by atoms with Gasteiger partial charge in [0.1, 0.15) is 0 Å². The lowest BCUT2D eigenvalue weighted by Crippen LogP contribution is -2.52. The summed E-state index contributed by atoms with van der Waals surface area (Å²) in [5.74, 6) is -3.65. The van der Waals surface area contributed by atoms with Gasteiger partial charge in [-0.25, -0.2) is 18.0 Å². The molecule has 3 rings (SSSR count). The molecule has 1 aromatic carbocycles. The maximum Gasteiger partial charge on any atom is 0.414 e. The van der Waals surface area contributed by atoms with Crippen LogP contribution in [0.2, 0.25) is 0 Å². The monoisotopic (exact) mass is 443 g/mol. The first-order chi connectivity index (χ1) is 14.1. The van der Waals surface area contributed by atoms with E-state index >= 15 is 0 Å². The van der Waals surface area contributed by atoms with Gasteiger partial charge in [0.25, 0.3) is 5.69 Å². The van der Waals surface area contributed by atoms with Crippen LogP contribution in [-0.4, -0.2) is 76.9 Å². The second-order valence-electron chi connectivity index (χ2n) is 7.09. The number of piperazine rings is 1. The van der Waals surface area contributed by atoms with E-state index < -0.39 is 26.9 Å². The van der Waals surface area contributed by atoms with Crippen LogP contribution in [-0.2, 0) is 19.6 Å².